The number of anilines is 1. The molecule has 0 saturated carbocycles. The van der Waals surface area contributed by atoms with Gasteiger partial charge < -0.3 is 24.4 Å². The first kappa shape index (κ1) is 22.7. The molecule has 0 radical (unpaired) electrons. The number of carbonyl (C=O) groups excluding carboxylic acids is 2. The maximum absolute atomic E-state index is 13.2. The zero-order chi connectivity index (χ0) is 23.4. The quantitative estimate of drug-likeness (QED) is 0.553. The molecule has 0 fully saturated rings. The largest absolute Gasteiger partial charge is 0.495 e. The van der Waals surface area contributed by atoms with Crippen LogP contribution in [0.3, 0.4) is 0 Å². The summed E-state index contributed by atoms with van der Waals surface area (Å²) in [6.07, 6.45) is 0.864. The van der Waals surface area contributed by atoms with E-state index in [1.165, 1.54) is 17.6 Å². The molecular formula is C25H26N2O5S. The van der Waals surface area contributed by atoms with Crippen molar-refractivity contribution in [2.45, 2.75) is 19.4 Å². The number of hydrogen-bond donors (Lipinski definition) is 1. The van der Waals surface area contributed by atoms with Gasteiger partial charge in [0.15, 0.2) is 18.1 Å². The zero-order valence-corrected chi connectivity index (χ0v) is 19.6. The van der Waals surface area contributed by atoms with E-state index < -0.39 is 0 Å². The Balaban J connectivity index is 1.43. The number of ether oxygens (including phenoxy) is 3. The van der Waals surface area contributed by atoms with Gasteiger partial charge in [-0.05, 0) is 60.7 Å². The molecule has 2 amide bonds. The van der Waals surface area contributed by atoms with Crippen molar-refractivity contribution >= 4 is 28.8 Å². The standard InChI is InChI=1S/C25H26N2O5S/c1-16-18-11-13-33-23(18)10-12-27(16)25(29)17-8-9-21(22(14-17)31-3)32-15-24(28)26-19-6-4-5-7-20(19)30-2/h4-9,11,13-14,16H,10,12,15H2,1-3H3,(H,26,28). The van der Waals surface area contributed by atoms with Crippen LogP contribution in [0, 0.1) is 0 Å². The Morgan fingerprint density at radius 2 is 1.85 bits per heavy atom. The lowest BCUT2D eigenvalue weighted by atomic mass is 10.0. The smallest absolute Gasteiger partial charge is 0.262 e. The van der Waals surface area contributed by atoms with Gasteiger partial charge in [0.1, 0.15) is 5.75 Å². The monoisotopic (exact) mass is 466 g/mol. The minimum atomic E-state index is -0.338. The molecule has 1 atom stereocenters. The summed E-state index contributed by atoms with van der Waals surface area (Å²) in [6, 6.07) is 14.3. The fourth-order valence-electron chi connectivity index (χ4n) is 3.95. The molecule has 4 rings (SSSR count). The molecule has 7 nitrogen and oxygen atoms in total. The van der Waals surface area contributed by atoms with Gasteiger partial charge in [-0.2, -0.15) is 0 Å². The molecule has 0 bridgehead atoms. The summed E-state index contributed by atoms with van der Waals surface area (Å²) in [5.74, 6) is 0.948. The Bertz CT molecular complexity index is 1160. The molecule has 3 aromatic rings. The van der Waals surface area contributed by atoms with E-state index in [9.17, 15) is 9.59 Å². The average molecular weight is 467 g/mol. The van der Waals surface area contributed by atoms with Crippen LogP contribution < -0.4 is 19.5 Å². The van der Waals surface area contributed by atoms with Gasteiger partial charge in [-0.15, -0.1) is 11.3 Å². The zero-order valence-electron chi connectivity index (χ0n) is 18.8. The Kier molecular flexibility index (Phi) is 6.84. The number of thiophene rings is 1. The predicted molar refractivity (Wildman–Crippen MR) is 128 cm³/mol. The number of nitrogens with zero attached hydrogens (tertiary/aromatic N) is 1. The summed E-state index contributed by atoms with van der Waals surface area (Å²) in [7, 11) is 3.05. The molecule has 1 aromatic heterocycles. The summed E-state index contributed by atoms with van der Waals surface area (Å²) >= 11 is 1.74. The lowest BCUT2D eigenvalue weighted by molar-refractivity contribution is -0.118. The van der Waals surface area contributed by atoms with Crippen LogP contribution in [-0.2, 0) is 11.2 Å². The molecule has 1 N–H and O–H groups in total. The number of amides is 2. The number of methoxy groups -OCH3 is 2. The van der Waals surface area contributed by atoms with Crippen molar-refractivity contribution in [3.63, 3.8) is 0 Å². The topological polar surface area (TPSA) is 77.1 Å². The molecule has 1 aliphatic heterocycles. The van der Waals surface area contributed by atoms with E-state index in [1.54, 1.807) is 54.8 Å². The molecule has 2 aromatic carbocycles. The first-order valence-electron chi connectivity index (χ1n) is 10.6. The predicted octanol–water partition coefficient (Wildman–Crippen LogP) is 4.54. The van der Waals surface area contributed by atoms with Crippen LogP contribution in [0.15, 0.2) is 53.9 Å². The molecule has 0 spiro atoms. The van der Waals surface area contributed by atoms with Crippen molar-refractivity contribution in [3.8, 4) is 17.2 Å². The molecule has 0 aliphatic carbocycles. The van der Waals surface area contributed by atoms with Crippen LogP contribution >= 0.6 is 11.3 Å². The van der Waals surface area contributed by atoms with Crippen molar-refractivity contribution in [2.75, 3.05) is 32.7 Å². The second-order valence-corrected chi connectivity index (χ2v) is 8.63. The maximum atomic E-state index is 13.2. The van der Waals surface area contributed by atoms with Gasteiger partial charge in [0.05, 0.1) is 25.9 Å². The lowest BCUT2D eigenvalue weighted by Gasteiger charge is -2.33. The third kappa shape index (κ3) is 4.80. The average Bonchev–Trinajstić information content (AvgIpc) is 3.33. The van der Waals surface area contributed by atoms with Gasteiger partial charge in [-0.1, -0.05) is 12.1 Å². The summed E-state index contributed by atoms with van der Waals surface area (Å²) in [4.78, 5) is 28.8. The number of carbonyl (C=O) groups is 2. The molecular weight excluding hydrogens is 440 g/mol. The Hall–Kier alpha value is -3.52. The normalized spacial score (nSPS) is 14.9. The van der Waals surface area contributed by atoms with Crippen molar-refractivity contribution < 1.29 is 23.8 Å². The second-order valence-electron chi connectivity index (χ2n) is 7.63. The highest BCUT2D eigenvalue weighted by atomic mass is 32.1. The highest BCUT2D eigenvalue weighted by Gasteiger charge is 2.29. The van der Waals surface area contributed by atoms with Crippen LogP contribution in [0.5, 0.6) is 17.2 Å². The lowest BCUT2D eigenvalue weighted by Crippen LogP contribution is -2.38. The van der Waals surface area contributed by atoms with E-state index in [2.05, 4.69) is 23.7 Å². The van der Waals surface area contributed by atoms with Crippen molar-refractivity contribution in [2.24, 2.45) is 0 Å². The van der Waals surface area contributed by atoms with Crippen molar-refractivity contribution in [1.29, 1.82) is 0 Å². The van der Waals surface area contributed by atoms with Gasteiger partial charge in [0.2, 0.25) is 0 Å². The number of para-hydroxylation sites is 2. The molecule has 8 heteroatoms. The van der Waals surface area contributed by atoms with Gasteiger partial charge in [-0.25, -0.2) is 0 Å². The summed E-state index contributed by atoms with van der Waals surface area (Å²) < 4.78 is 16.3. The van der Waals surface area contributed by atoms with E-state index in [0.717, 1.165) is 6.42 Å². The van der Waals surface area contributed by atoms with Gasteiger partial charge in [0, 0.05) is 17.0 Å². The van der Waals surface area contributed by atoms with Crippen molar-refractivity contribution in [3.05, 3.63) is 69.9 Å². The second kappa shape index (κ2) is 9.95. The molecule has 0 saturated heterocycles. The van der Waals surface area contributed by atoms with Crippen LogP contribution in [0.25, 0.3) is 0 Å². The fraction of sp³-hybridized carbons (Fsp3) is 0.280. The minimum absolute atomic E-state index is 0.0214. The Labute approximate surface area is 196 Å². The number of fused-ring (bicyclic) bond motifs is 1. The first-order valence-corrected chi connectivity index (χ1v) is 11.5. The van der Waals surface area contributed by atoms with Crippen LogP contribution in [0.4, 0.5) is 5.69 Å². The summed E-state index contributed by atoms with van der Waals surface area (Å²) in [5.41, 5.74) is 2.29. The van der Waals surface area contributed by atoms with Gasteiger partial charge in [0.25, 0.3) is 11.8 Å². The van der Waals surface area contributed by atoms with Crippen LogP contribution in [0.1, 0.15) is 33.8 Å². The van der Waals surface area contributed by atoms with E-state index in [-0.39, 0.29) is 24.5 Å². The Morgan fingerprint density at radius 3 is 2.64 bits per heavy atom. The molecule has 2 heterocycles. The van der Waals surface area contributed by atoms with Crippen molar-refractivity contribution in [1.82, 2.24) is 4.90 Å². The minimum Gasteiger partial charge on any atom is -0.495 e. The number of nitrogens with one attached hydrogen (secondary N) is 1. The first-order chi connectivity index (χ1) is 16.0. The van der Waals surface area contributed by atoms with E-state index >= 15 is 0 Å². The van der Waals surface area contributed by atoms with E-state index in [1.807, 2.05) is 11.0 Å². The van der Waals surface area contributed by atoms with Gasteiger partial charge in [-0.3, -0.25) is 9.59 Å². The molecule has 172 valence electrons. The Morgan fingerprint density at radius 1 is 1.06 bits per heavy atom. The fourth-order valence-corrected chi connectivity index (χ4v) is 4.91. The number of hydrogen-bond acceptors (Lipinski definition) is 6. The van der Waals surface area contributed by atoms with Crippen LogP contribution in [-0.4, -0.2) is 44.1 Å². The van der Waals surface area contributed by atoms with E-state index in [0.29, 0.717) is 35.0 Å². The molecule has 33 heavy (non-hydrogen) atoms. The van der Waals surface area contributed by atoms with Crippen LogP contribution in [0.2, 0.25) is 0 Å². The SMILES string of the molecule is COc1ccccc1NC(=O)COc1ccc(C(=O)N2CCc3sccc3C2C)cc1OC. The third-order valence-electron chi connectivity index (χ3n) is 5.69. The van der Waals surface area contributed by atoms with Gasteiger partial charge >= 0.3 is 0 Å². The summed E-state index contributed by atoms with van der Waals surface area (Å²) in [6.45, 7) is 2.51. The number of benzene rings is 2. The highest BCUT2D eigenvalue weighted by molar-refractivity contribution is 7.10. The van der Waals surface area contributed by atoms with E-state index in [4.69, 9.17) is 14.2 Å². The highest BCUT2D eigenvalue weighted by Crippen LogP contribution is 2.35. The maximum Gasteiger partial charge on any atom is 0.262 e. The number of rotatable bonds is 7. The summed E-state index contributed by atoms with van der Waals surface area (Å²) in [5, 5.41) is 4.84. The third-order valence-corrected chi connectivity index (χ3v) is 6.69. The molecule has 1 unspecified atom stereocenters. The molecule has 1 aliphatic rings.